The molecule has 0 spiro atoms. The Labute approximate surface area is 123 Å². The third kappa shape index (κ3) is 4.92. The fourth-order valence-electron chi connectivity index (χ4n) is 1.83. The van der Waals surface area contributed by atoms with Crippen molar-refractivity contribution in [1.29, 1.82) is 0 Å². The van der Waals surface area contributed by atoms with Gasteiger partial charge in [0.2, 0.25) is 0 Å². The van der Waals surface area contributed by atoms with E-state index in [-0.39, 0.29) is 6.04 Å². The molecule has 1 aromatic carbocycles. The van der Waals surface area contributed by atoms with Gasteiger partial charge in [0.1, 0.15) is 0 Å². The summed E-state index contributed by atoms with van der Waals surface area (Å²) in [5, 5.41) is 0. The molecule has 0 radical (unpaired) electrons. The molecule has 0 fully saturated rings. The summed E-state index contributed by atoms with van der Waals surface area (Å²) in [5.74, 6) is 1.11. The first-order chi connectivity index (χ1) is 8.58. The lowest BCUT2D eigenvalue weighted by atomic mass is 10.1. The van der Waals surface area contributed by atoms with E-state index in [1.807, 2.05) is 18.7 Å². The van der Waals surface area contributed by atoms with Crippen LogP contribution in [0.15, 0.2) is 27.6 Å². The van der Waals surface area contributed by atoms with Gasteiger partial charge in [-0.2, -0.15) is 0 Å². The van der Waals surface area contributed by atoms with Gasteiger partial charge in [0.25, 0.3) is 0 Å². The minimum Gasteiger partial charge on any atom is -0.324 e. The molecule has 0 aliphatic carbocycles. The zero-order chi connectivity index (χ0) is 13.5. The third-order valence-corrected chi connectivity index (χ3v) is 4.57. The lowest BCUT2D eigenvalue weighted by Crippen LogP contribution is -2.25. The molecule has 0 aliphatic rings. The van der Waals surface area contributed by atoms with Gasteiger partial charge in [0, 0.05) is 27.7 Å². The average molecular weight is 331 g/mol. The van der Waals surface area contributed by atoms with Crippen molar-refractivity contribution < 1.29 is 0 Å². The standard InChI is InChI=1S/C14H23BrN2S/c1-4-17(5-2)8-9-18-14-10-12(15)6-7-13(14)11(3)16/h6-7,10-11H,4-5,8-9,16H2,1-3H3. The zero-order valence-electron chi connectivity index (χ0n) is 11.4. The van der Waals surface area contributed by atoms with Crippen LogP contribution >= 0.6 is 27.7 Å². The SMILES string of the molecule is CCN(CC)CCSc1cc(Br)ccc1C(C)N. The van der Waals surface area contributed by atoms with Crippen LogP contribution < -0.4 is 5.73 Å². The van der Waals surface area contributed by atoms with Crippen molar-refractivity contribution in [3.8, 4) is 0 Å². The summed E-state index contributed by atoms with van der Waals surface area (Å²) in [6.07, 6.45) is 0. The first-order valence-electron chi connectivity index (χ1n) is 6.48. The number of rotatable bonds is 7. The molecule has 0 amide bonds. The predicted octanol–water partition coefficient (Wildman–Crippen LogP) is 3.90. The van der Waals surface area contributed by atoms with E-state index in [0.29, 0.717) is 0 Å². The van der Waals surface area contributed by atoms with Gasteiger partial charge in [0.05, 0.1) is 0 Å². The maximum atomic E-state index is 6.01. The molecule has 1 atom stereocenters. The van der Waals surface area contributed by atoms with E-state index in [1.54, 1.807) is 0 Å². The van der Waals surface area contributed by atoms with E-state index < -0.39 is 0 Å². The minimum absolute atomic E-state index is 0.0917. The second kappa shape index (κ2) is 8.20. The number of thioether (sulfide) groups is 1. The lowest BCUT2D eigenvalue weighted by molar-refractivity contribution is 0.324. The quantitative estimate of drug-likeness (QED) is 0.768. The maximum absolute atomic E-state index is 6.01. The largest absolute Gasteiger partial charge is 0.324 e. The molecule has 18 heavy (non-hydrogen) atoms. The number of halogens is 1. The van der Waals surface area contributed by atoms with Crippen LogP contribution in [0, 0.1) is 0 Å². The average Bonchev–Trinajstić information content (AvgIpc) is 2.34. The summed E-state index contributed by atoms with van der Waals surface area (Å²) in [5.41, 5.74) is 7.25. The normalized spacial score (nSPS) is 13.0. The summed E-state index contributed by atoms with van der Waals surface area (Å²) >= 11 is 5.43. The monoisotopic (exact) mass is 330 g/mol. The molecule has 4 heteroatoms. The molecule has 0 bridgehead atoms. The summed E-state index contributed by atoms with van der Waals surface area (Å²) in [7, 11) is 0. The van der Waals surface area contributed by atoms with Crippen molar-refractivity contribution in [3.63, 3.8) is 0 Å². The highest BCUT2D eigenvalue weighted by Crippen LogP contribution is 2.29. The molecule has 2 N–H and O–H groups in total. The Bertz CT molecular complexity index is 365. The number of hydrogen-bond acceptors (Lipinski definition) is 3. The molecule has 102 valence electrons. The highest BCUT2D eigenvalue weighted by molar-refractivity contribution is 9.10. The second-order valence-electron chi connectivity index (χ2n) is 4.35. The highest BCUT2D eigenvalue weighted by atomic mass is 79.9. The first-order valence-corrected chi connectivity index (χ1v) is 8.26. The fraction of sp³-hybridized carbons (Fsp3) is 0.571. The molecule has 0 saturated carbocycles. The van der Waals surface area contributed by atoms with Gasteiger partial charge in [-0.3, -0.25) is 0 Å². The van der Waals surface area contributed by atoms with Crippen LogP contribution in [0.3, 0.4) is 0 Å². The molecule has 1 rings (SSSR count). The van der Waals surface area contributed by atoms with E-state index in [4.69, 9.17) is 5.73 Å². The summed E-state index contributed by atoms with van der Waals surface area (Å²) in [6, 6.07) is 6.45. The van der Waals surface area contributed by atoms with Crippen LogP contribution in [0.4, 0.5) is 0 Å². The van der Waals surface area contributed by atoms with Crippen LogP contribution in [0.1, 0.15) is 32.4 Å². The van der Waals surface area contributed by atoms with Crippen LogP contribution in [0.5, 0.6) is 0 Å². The summed E-state index contributed by atoms with van der Waals surface area (Å²) in [4.78, 5) is 3.74. The Balaban J connectivity index is 2.63. The summed E-state index contributed by atoms with van der Waals surface area (Å²) < 4.78 is 1.12. The van der Waals surface area contributed by atoms with E-state index >= 15 is 0 Å². The Hall–Kier alpha value is -0.0300. The fourth-order valence-corrected chi connectivity index (χ4v) is 3.55. The highest BCUT2D eigenvalue weighted by Gasteiger charge is 2.08. The number of nitrogens with two attached hydrogens (primary N) is 1. The van der Waals surface area contributed by atoms with Crippen LogP contribution in [0.2, 0.25) is 0 Å². The van der Waals surface area contributed by atoms with E-state index in [1.165, 1.54) is 10.5 Å². The van der Waals surface area contributed by atoms with E-state index in [0.717, 1.165) is 29.9 Å². The number of nitrogens with zero attached hydrogens (tertiary/aromatic N) is 1. The molecule has 1 unspecified atom stereocenters. The van der Waals surface area contributed by atoms with Gasteiger partial charge < -0.3 is 10.6 Å². The molecule has 0 saturated heterocycles. The van der Waals surface area contributed by atoms with Crippen molar-refractivity contribution in [2.45, 2.75) is 31.7 Å². The van der Waals surface area contributed by atoms with Crippen molar-refractivity contribution >= 4 is 27.7 Å². The van der Waals surface area contributed by atoms with E-state index in [2.05, 4.69) is 52.9 Å². The lowest BCUT2D eigenvalue weighted by Gasteiger charge is -2.18. The number of benzene rings is 1. The van der Waals surface area contributed by atoms with Gasteiger partial charge in [-0.15, -0.1) is 11.8 Å². The zero-order valence-corrected chi connectivity index (χ0v) is 13.9. The molecule has 1 aromatic rings. The third-order valence-electron chi connectivity index (χ3n) is 3.03. The second-order valence-corrected chi connectivity index (χ2v) is 6.40. The maximum Gasteiger partial charge on any atom is 0.0277 e. The molecule has 2 nitrogen and oxygen atoms in total. The van der Waals surface area contributed by atoms with Crippen molar-refractivity contribution in [3.05, 3.63) is 28.2 Å². The van der Waals surface area contributed by atoms with Gasteiger partial charge in [-0.05, 0) is 37.7 Å². The Kier molecular flexibility index (Phi) is 7.30. The molecular formula is C14H23BrN2S. The van der Waals surface area contributed by atoms with Gasteiger partial charge in [-0.25, -0.2) is 0 Å². The topological polar surface area (TPSA) is 29.3 Å². The van der Waals surface area contributed by atoms with Gasteiger partial charge >= 0.3 is 0 Å². The van der Waals surface area contributed by atoms with Crippen molar-refractivity contribution in [2.75, 3.05) is 25.4 Å². The smallest absolute Gasteiger partial charge is 0.0277 e. The van der Waals surface area contributed by atoms with E-state index in [9.17, 15) is 0 Å². The van der Waals surface area contributed by atoms with Crippen molar-refractivity contribution in [1.82, 2.24) is 4.90 Å². The minimum atomic E-state index is 0.0917. The molecular weight excluding hydrogens is 308 g/mol. The Morgan fingerprint density at radius 1 is 1.33 bits per heavy atom. The molecule has 0 aromatic heterocycles. The van der Waals surface area contributed by atoms with Crippen LogP contribution in [-0.2, 0) is 0 Å². The predicted molar refractivity (Wildman–Crippen MR) is 85.3 cm³/mol. The Morgan fingerprint density at radius 2 is 2.00 bits per heavy atom. The Morgan fingerprint density at radius 3 is 2.56 bits per heavy atom. The molecule has 0 aliphatic heterocycles. The van der Waals surface area contributed by atoms with Crippen LogP contribution in [0.25, 0.3) is 0 Å². The number of hydrogen-bond donors (Lipinski definition) is 1. The van der Waals surface area contributed by atoms with Gasteiger partial charge in [-0.1, -0.05) is 35.8 Å². The van der Waals surface area contributed by atoms with Gasteiger partial charge in [0.15, 0.2) is 0 Å². The molecule has 0 heterocycles. The van der Waals surface area contributed by atoms with Crippen LogP contribution in [-0.4, -0.2) is 30.3 Å². The summed E-state index contributed by atoms with van der Waals surface area (Å²) in [6.45, 7) is 9.83. The van der Waals surface area contributed by atoms with Crippen molar-refractivity contribution in [2.24, 2.45) is 5.73 Å². The first kappa shape index (κ1) is 16.0.